The van der Waals surface area contributed by atoms with E-state index in [0.29, 0.717) is 6.42 Å². The number of hydrogen-bond acceptors (Lipinski definition) is 2. The molecule has 0 aromatic rings. The van der Waals surface area contributed by atoms with E-state index in [2.05, 4.69) is 10.6 Å². The fourth-order valence-corrected chi connectivity index (χ4v) is 2.43. The van der Waals surface area contributed by atoms with E-state index < -0.39 is 0 Å². The van der Waals surface area contributed by atoms with Crippen molar-refractivity contribution in [2.45, 2.75) is 57.9 Å². The van der Waals surface area contributed by atoms with Gasteiger partial charge in [-0.2, -0.15) is 0 Å². The molecule has 0 aliphatic heterocycles. The second-order valence-corrected chi connectivity index (χ2v) is 5.11. The van der Waals surface area contributed by atoms with Crippen LogP contribution in [0.3, 0.4) is 0 Å². The number of urea groups is 1. The summed E-state index contributed by atoms with van der Waals surface area (Å²) in [7, 11) is 0. The number of amides is 2. The highest BCUT2D eigenvalue weighted by Crippen LogP contribution is 2.28. The molecule has 1 fully saturated rings. The summed E-state index contributed by atoms with van der Waals surface area (Å²) in [4.78, 5) is 11.4. The van der Waals surface area contributed by atoms with Gasteiger partial charge in [0, 0.05) is 19.2 Å². The predicted molar refractivity (Wildman–Crippen MR) is 68.9 cm³/mol. The Morgan fingerprint density at radius 1 is 1.41 bits per heavy atom. The topological polar surface area (TPSA) is 61.4 Å². The molecule has 100 valence electrons. The van der Waals surface area contributed by atoms with Crippen LogP contribution in [-0.4, -0.2) is 30.3 Å². The highest BCUT2D eigenvalue weighted by Gasteiger charge is 2.14. The number of aliphatic hydroxyl groups excluding tert-OH is 1. The van der Waals surface area contributed by atoms with E-state index >= 15 is 0 Å². The minimum Gasteiger partial charge on any atom is -0.396 e. The molecule has 0 radical (unpaired) electrons. The maximum Gasteiger partial charge on any atom is 0.314 e. The number of aliphatic hydroxyl groups is 1. The van der Waals surface area contributed by atoms with E-state index in [-0.39, 0.29) is 18.7 Å². The van der Waals surface area contributed by atoms with E-state index in [1.807, 2.05) is 6.92 Å². The van der Waals surface area contributed by atoms with Crippen molar-refractivity contribution in [2.24, 2.45) is 5.92 Å². The zero-order valence-corrected chi connectivity index (χ0v) is 10.9. The lowest BCUT2D eigenvalue weighted by molar-refractivity contribution is 0.230. The van der Waals surface area contributed by atoms with Crippen molar-refractivity contribution in [2.75, 3.05) is 13.2 Å². The van der Waals surface area contributed by atoms with Crippen molar-refractivity contribution in [3.63, 3.8) is 0 Å². The highest BCUT2D eigenvalue weighted by atomic mass is 16.3. The molecule has 1 rings (SSSR count). The van der Waals surface area contributed by atoms with Crippen LogP contribution in [0.5, 0.6) is 0 Å². The van der Waals surface area contributed by atoms with Gasteiger partial charge >= 0.3 is 6.03 Å². The summed E-state index contributed by atoms with van der Waals surface area (Å²) in [5.41, 5.74) is 0. The number of rotatable bonds is 7. The van der Waals surface area contributed by atoms with Crippen molar-refractivity contribution in [3.8, 4) is 0 Å². The number of carbonyl (C=O) groups excluding carboxylic acids is 1. The highest BCUT2D eigenvalue weighted by molar-refractivity contribution is 5.74. The van der Waals surface area contributed by atoms with Gasteiger partial charge in [-0.3, -0.25) is 0 Å². The van der Waals surface area contributed by atoms with Gasteiger partial charge in [0.25, 0.3) is 0 Å². The smallest absolute Gasteiger partial charge is 0.314 e. The van der Waals surface area contributed by atoms with Crippen LogP contribution in [0.25, 0.3) is 0 Å². The van der Waals surface area contributed by atoms with E-state index in [1.165, 1.54) is 32.1 Å². The van der Waals surface area contributed by atoms with Gasteiger partial charge in [0.2, 0.25) is 0 Å². The SMILES string of the molecule is C[C@H](CCO)NC(=O)NCCCC1CCCC1. The Labute approximate surface area is 104 Å². The lowest BCUT2D eigenvalue weighted by Crippen LogP contribution is -2.41. The molecule has 0 aromatic heterocycles. The predicted octanol–water partition coefficient (Wildman–Crippen LogP) is 2.03. The molecule has 4 heteroatoms. The van der Waals surface area contributed by atoms with Gasteiger partial charge in [-0.25, -0.2) is 4.79 Å². The van der Waals surface area contributed by atoms with Crippen molar-refractivity contribution < 1.29 is 9.90 Å². The molecule has 0 saturated heterocycles. The third kappa shape index (κ3) is 6.51. The summed E-state index contributed by atoms with van der Waals surface area (Å²) in [5, 5.41) is 14.4. The zero-order chi connectivity index (χ0) is 12.5. The average Bonchev–Trinajstić information content (AvgIpc) is 2.77. The second kappa shape index (κ2) is 8.34. The molecule has 17 heavy (non-hydrogen) atoms. The van der Waals surface area contributed by atoms with E-state index in [0.717, 1.165) is 18.9 Å². The molecule has 4 nitrogen and oxygen atoms in total. The molecule has 0 unspecified atom stereocenters. The molecule has 0 heterocycles. The number of hydrogen-bond donors (Lipinski definition) is 3. The zero-order valence-electron chi connectivity index (χ0n) is 10.9. The summed E-state index contributed by atoms with van der Waals surface area (Å²) >= 11 is 0. The maximum absolute atomic E-state index is 11.4. The summed E-state index contributed by atoms with van der Waals surface area (Å²) in [6, 6.07) is -0.0767. The van der Waals surface area contributed by atoms with Gasteiger partial charge in [-0.15, -0.1) is 0 Å². The van der Waals surface area contributed by atoms with Crippen LogP contribution in [0.2, 0.25) is 0 Å². The van der Waals surface area contributed by atoms with Crippen molar-refractivity contribution >= 4 is 6.03 Å². The first-order chi connectivity index (χ1) is 8.22. The van der Waals surface area contributed by atoms with Crippen molar-refractivity contribution in [1.29, 1.82) is 0 Å². The molecule has 0 aromatic carbocycles. The minimum absolute atomic E-state index is 0.0369. The molecule has 0 bridgehead atoms. The van der Waals surface area contributed by atoms with Crippen molar-refractivity contribution in [1.82, 2.24) is 10.6 Å². The number of nitrogens with one attached hydrogen (secondary N) is 2. The first-order valence-corrected chi connectivity index (χ1v) is 6.87. The van der Waals surface area contributed by atoms with Crippen LogP contribution in [0.15, 0.2) is 0 Å². The minimum atomic E-state index is -0.114. The fourth-order valence-electron chi connectivity index (χ4n) is 2.43. The summed E-state index contributed by atoms with van der Waals surface area (Å²) in [6.45, 7) is 2.77. The molecule has 3 N–H and O–H groups in total. The molecule has 1 saturated carbocycles. The van der Waals surface area contributed by atoms with Crippen LogP contribution in [-0.2, 0) is 0 Å². The molecule has 2 amide bonds. The summed E-state index contributed by atoms with van der Waals surface area (Å²) in [6.07, 6.45) is 8.45. The second-order valence-electron chi connectivity index (χ2n) is 5.11. The molecular weight excluding hydrogens is 216 g/mol. The van der Waals surface area contributed by atoms with Gasteiger partial charge in [0.1, 0.15) is 0 Å². The Morgan fingerprint density at radius 2 is 2.12 bits per heavy atom. The lowest BCUT2D eigenvalue weighted by atomic mass is 10.0. The molecule has 1 aliphatic rings. The quantitative estimate of drug-likeness (QED) is 0.598. The van der Waals surface area contributed by atoms with Gasteiger partial charge in [0.05, 0.1) is 0 Å². The van der Waals surface area contributed by atoms with Crippen LogP contribution in [0, 0.1) is 5.92 Å². The standard InChI is InChI=1S/C13H26N2O2/c1-11(8-10-16)15-13(17)14-9-4-7-12-5-2-3-6-12/h11-12,16H,2-10H2,1H3,(H2,14,15,17)/t11-/m1/s1. The van der Waals surface area contributed by atoms with Crippen LogP contribution >= 0.6 is 0 Å². The normalized spacial score (nSPS) is 18.0. The fraction of sp³-hybridized carbons (Fsp3) is 0.923. The Bertz CT molecular complexity index is 215. The molecule has 1 aliphatic carbocycles. The van der Waals surface area contributed by atoms with Gasteiger partial charge in [-0.05, 0) is 32.1 Å². The molecule has 0 spiro atoms. The third-order valence-corrected chi connectivity index (χ3v) is 3.49. The first kappa shape index (κ1) is 14.3. The molecular formula is C13H26N2O2. The van der Waals surface area contributed by atoms with Gasteiger partial charge in [0.15, 0.2) is 0 Å². The van der Waals surface area contributed by atoms with Crippen LogP contribution < -0.4 is 10.6 Å². The lowest BCUT2D eigenvalue weighted by Gasteiger charge is -2.14. The van der Waals surface area contributed by atoms with Crippen molar-refractivity contribution in [3.05, 3.63) is 0 Å². The third-order valence-electron chi connectivity index (χ3n) is 3.49. The Hall–Kier alpha value is -0.770. The summed E-state index contributed by atoms with van der Waals surface area (Å²) in [5.74, 6) is 0.896. The monoisotopic (exact) mass is 242 g/mol. The van der Waals surface area contributed by atoms with Crippen LogP contribution in [0.1, 0.15) is 51.9 Å². The maximum atomic E-state index is 11.4. The van der Waals surface area contributed by atoms with E-state index in [4.69, 9.17) is 5.11 Å². The van der Waals surface area contributed by atoms with Gasteiger partial charge < -0.3 is 15.7 Å². The average molecular weight is 242 g/mol. The van der Waals surface area contributed by atoms with E-state index in [9.17, 15) is 4.79 Å². The first-order valence-electron chi connectivity index (χ1n) is 6.87. The number of carbonyl (C=O) groups is 1. The largest absolute Gasteiger partial charge is 0.396 e. The molecule has 1 atom stereocenters. The Kier molecular flexibility index (Phi) is 7.01. The Morgan fingerprint density at radius 3 is 2.76 bits per heavy atom. The summed E-state index contributed by atoms with van der Waals surface area (Å²) < 4.78 is 0. The Balaban J connectivity index is 1.95. The van der Waals surface area contributed by atoms with Crippen LogP contribution in [0.4, 0.5) is 4.79 Å². The van der Waals surface area contributed by atoms with E-state index in [1.54, 1.807) is 0 Å². The van der Waals surface area contributed by atoms with Gasteiger partial charge in [-0.1, -0.05) is 25.7 Å².